The van der Waals surface area contributed by atoms with E-state index in [-0.39, 0.29) is 0 Å². The molecule has 0 aliphatic heterocycles. The van der Waals surface area contributed by atoms with Crippen LogP contribution in [0.3, 0.4) is 0 Å². The summed E-state index contributed by atoms with van der Waals surface area (Å²) >= 11 is 0. The van der Waals surface area contributed by atoms with Gasteiger partial charge in [-0.1, -0.05) is 31.9 Å². The molecule has 106 valence electrons. The Labute approximate surface area is 117 Å². The van der Waals surface area contributed by atoms with Crippen molar-refractivity contribution in [1.29, 1.82) is 0 Å². The van der Waals surface area contributed by atoms with Crippen LogP contribution in [0.2, 0.25) is 0 Å². The molecule has 1 aromatic carbocycles. The van der Waals surface area contributed by atoms with Crippen LogP contribution in [0.15, 0.2) is 24.3 Å². The van der Waals surface area contributed by atoms with Crippen molar-refractivity contribution in [3.05, 3.63) is 29.8 Å². The highest BCUT2D eigenvalue weighted by Gasteiger charge is 2.18. The Balaban J connectivity index is 1.74. The van der Waals surface area contributed by atoms with Gasteiger partial charge in [0.15, 0.2) is 0 Å². The van der Waals surface area contributed by atoms with Gasteiger partial charge in [-0.25, -0.2) is 0 Å². The Hall–Kier alpha value is -1.02. The van der Waals surface area contributed by atoms with Gasteiger partial charge in [0.25, 0.3) is 0 Å². The standard InChI is InChI=1S/C17H27NO/c1-3-19-17-9-5-8-16(11-17)13-18-12-15-7-4-6-14(2)10-15/h5,8-9,11,14-15,18H,3-4,6-7,10,12-13H2,1-2H3. The van der Waals surface area contributed by atoms with E-state index in [1.807, 2.05) is 13.0 Å². The van der Waals surface area contributed by atoms with E-state index < -0.39 is 0 Å². The molecule has 1 N–H and O–H groups in total. The van der Waals surface area contributed by atoms with Gasteiger partial charge < -0.3 is 10.1 Å². The number of benzene rings is 1. The monoisotopic (exact) mass is 261 g/mol. The van der Waals surface area contributed by atoms with Gasteiger partial charge in [-0.15, -0.1) is 0 Å². The highest BCUT2D eigenvalue weighted by atomic mass is 16.5. The Kier molecular flexibility index (Phi) is 5.71. The van der Waals surface area contributed by atoms with Crippen molar-refractivity contribution in [2.24, 2.45) is 11.8 Å². The quantitative estimate of drug-likeness (QED) is 0.835. The first-order valence-electron chi connectivity index (χ1n) is 7.70. The average molecular weight is 261 g/mol. The molecule has 19 heavy (non-hydrogen) atoms. The van der Waals surface area contributed by atoms with Crippen LogP contribution in [0.5, 0.6) is 5.75 Å². The summed E-state index contributed by atoms with van der Waals surface area (Å²) in [7, 11) is 0. The lowest BCUT2D eigenvalue weighted by atomic mass is 9.82. The van der Waals surface area contributed by atoms with E-state index in [1.165, 1.54) is 31.2 Å². The van der Waals surface area contributed by atoms with E-state index in [0.29, 0.717) is 0 Å². The Morgan fingerprint density at radius 3 is 3.00 bits per heavy atom. The molecular weight excluding hydrogens is 234 g/mol. The lowest BCUT2D eigenvalue weighted by Crippen LogP contribution is -2.26. The van der Waals surface area contributed by atoms with Gasteiger partial charge in [0.1, 0.15) is 5.75 Å². The van der Waals surface area contributed by atoms with Crippen LogP contribution in [0.1, 0.15) is 45.1 Å². The predicted octanol–water partition coefficient (Wildman–Crippen LogP) is 4.00. The number of hydrogen-bond acceptors (Lipinski definition) is 2. The second-order valence-corrected chi connectivity index (χ2v) is 5.85. The summed E-state index contributed by atoms with van der Waals surface area (Å²) in [6.07, 6.45) is 5.63. The molecule has 1 aliphatic carbocycles. The number of rotatable bonds is 6. The van der Waals surface area contributed by atoms with Crippen molar-refractivity contribution in [3.63, 3.8) is 0 Å². The second kappa shape index (κ2) is 7.54. The van der Waals surface area contributed by atoms with Gasteiger partial charge in [-0.3, -0.25) is 0 Å². The van der Waals surface area contributed by atoms with Crippen molar-refractivity contribution in [2.75, 3.05) is 13.2 Å². The first-order valence-corrected chi connectivity index (χ1v) is 7.70. The summed E-state index contributed by atoms with van der Waals surface area (Å²) in [6, 6.07) is 8.40. The molecule has 1 aromatic rings. The first-order chi connectivity index (χ1) is 9.28. The summed E-state index contributed by atoms with van der Waals surface area (Å²) in [5.74, 6) is 2.77. The zero-order valence-corrected chi connectivity index (χ0v) is 12.3. The molecule has 0 radical (unpaired) electrons. The molecule has 1 aliphatic rings. The summed E-state index contributed by atoms with van der Waals surface area (Å²) in [5.41, 5.74) is 1.31. The minimum atomic E-state index is 0.733. The first kappa shape index (κ1) is 14.4. The number of hydrogen-bond donors (Lipinski definition) is 1. The maximum atomic E-state index is 5.53. The Morgan fingerprint density at radius 2 is 2.21 bits per heavy atom. The molecule has 2 unspecified atom stereocenters. The third-order valence-electron chi connectivity index (χ3n) is 4.02. The normalized spacial score (nSPS) is 23.3. The van der Waals surface area contributed by atoms with Gasteiger partial charge in [0.2, 0.25) is 0 Å². The van der Waals surface area contributed by atoms with Crippen LogP contribution in [0.4, 0.5) is 0 Å². The van der Waals surface area contributed by atoms with Gasteiger partial charge in [0.05, 0.1) is 6.61 Å². The minimum absolute atomic E-state index is 0.733. The van der Waals surface area contributed by atoms with E-state index in [9.17, 15) is 0 Å². The van der Waals surface area contributed by atoms with E-state index in [1.54, 1.807) is 0 Å². The van der Waals surface area contributed by atoms with Crippen molar-refractivity contribution >= 4 is 0 Å². The summed E-state index contributed by atoms with van der Waals surface area (Å²) < 4.78 is 5.53. The van der Waals surface area contributed by atoms with Crippen LogP contribution in [-0.4, -0.2) is 13.2 Å². The molecule has 0 spiro atoms. The zero-order valence-electron chi connectivity index (χ0n) is 12.3. The highest BCUT2D eigenvalue weighted by Crippen LogP contribution is 2.28. The molecule has 1 fully saturated rings. The minimum Gasteiger partial charge on any atom is -0.494 e. The molecule has 0 aromatic heterocycles. The predicted molar refractivity (Wildman–Crippen MR) is 80.4 cm³/mol. The van der Waals surface area contributed by atoms with Gasteiger partial charge in [-0.2, -0.15) is 0 Å². The fraction of sp³-hybridized carbons (Fsp3) is 0.647. The van der Waals surface area contributed by atoms with E-state index in [4.69, 9.17) is 4.74 Å². The van der Waals surface area contributed by atoms with Gasteiger partial charge >= 0.3 is 0 Å². The fourth-order valence-electron chi connectivity index (χ4n) is 3.08. The molecule has 2 heteroatoms. The largest absolute Gasteiger partial charge is 0.494 e. The van der Waals surface area contributed by atoms with E-state index >= 15 is 0 Å². The van der Waals surface area contributed by atoms with Crippen LogP contribution < -0.4 is 10.1 Å². The van der Waals surface area contributed by atoms with E-state index in [0.717, 1.165) is 37.3 Å². The SMILES string of the molecule is CCOc1cccc(CNCC2CCCC(C)C2)c1. The number of nitrogens with one attached hydrogen (secondary N) is 1. The van der Waals surface area contributed by atoms with Crippen LogP contribution >= 0.6 is 0 Å². The third-order valence-corrected chi connectivity index (χ3v) is 4.02. The highest BCUT2D eigenvalue weighted by molar-refractivity contribution is 5.28. The fourth-order valence-corrected chi connectivity index (χ4v) is 3.08. The molecule has 2 rings (SSSR count). The lowest BCUT2D eigenvalue weighted by Gasteiger charge is -2.26. The zero-order chi connectivity index (χ0) is 13.5. The van der Waals surface area contributed by atoms with Gasteiger partial charge in [-0.05, 0) is 55.8 Å². The smallest absolute Gasteiger partial charge is 0.119 e. The summed E-state index contributed by atoms with van der Waals surface area (Å²) in [6.45, 7) is 7.25. The molecule has 2 atom stereocenters. The Morgan fingerprint density at radius 1 is 1.32 bits per heavy atom. The van der Waals surface area contributed by atoms with Crippen LogP contribution in [0, 0.1) is 11.8 Å². The van der Waals surface area contributed by atoms with Crippen molar-refractivity contribution < 1.29 is 4.74 Å². The van der Waals surface area contributed by atoms with Crippen LogP contribution in [-0.2, 0) is 6.54 Å². The van der Waals surface area contributed by atoms with Crippen LogP contribution in [0.25, 0.3) is 0 Å². The molecule has 0 heterocycles. The number of ether oxygens (including phenoxy) is 1. The molecule has 0 saturated heterocycles. The topological polar surface area (TPSA) is 21.3 Å². The molecule has 0 bridgehead atoms. The molecule has 2 nitrogen and oxygen atoms in total. The molecule has 0 amide bonds. The van der Waals surface area contributed by atoms with Gasteiger partial charge in [0, 0.05) is 6.54 Å². The average Bonchev–Trinajstić information content (AvgIpc) is 2.40. The lowest BCUT2D eigenvalue weighted by molar-refractivity contribution is 0.274. The maximum absolute atomic E-state index is 5.53. The Bertz CT molecular complexity index is 377. The van der Waals surface area contributed by atoms with Crippen molar-refractivity contribution in [3.8, 4) is 5.75 Å². The molecule has 1 saturated carbocycles. The molecular formula is C17H27NO. The summed E-state index contributed by atoms with van der Waals surface area (Å²) in [4.78, 5) is 0. The maximum Gasteiger partial charge on any atom is 0.119 e. The van der Waals surface area contributed by atoms with Crippen molar-refractivity contribution in [2.45, 2.75) is 46.1 Å². The van der Waals surface area contributed by atoms with Crippen molar-refractivity contribution in [1.82, 2.24) is 5.32 Å². The second-order valence-electron chi connectivity index (χ2n) is 5.85. The van der Waals surface area contributed by atoms with E-state index in [2.05, 4.69) is 30.4 Å². The third kappa shape index (κ3) is 4.87. The summed E-state index contributed by atoms with van der Waals surface area (Å²) in [5, 5.41) is 3.61.